The molecule has 0 heterocycles. The van der Waals surface area contributed by atoms with Gasteiger partial charge in [-0.05, 0) is 18.1 Å². The molecule has 15 heavy (non-hydrogen) atoms. The summed E-state index contributed by atoms with van der Waals surface area (Å²) in [4.78, 5) is 22.8. The van der Waals surface area contributed by atoms with Gasteiger partial charge in [0.15, 0.2) is 0 Å². The van der Waals surface area contributed by atoms with Crippen LogP contribution in [0, 0.1) is 5.92 Å². The summed E-state index contributed by atoms with van der Waals surface area (Å²) in [6, 6.07) is 8.71. The summed E-state index contributed by atoms with van der Waals surface area (Å²) in [5, 5.41) is 2.35. The molecule has 0 radical (unpaired) electrons. The van der Waals surface area contributed by atoms with Crippen LogP contribution in [-0.2, 0) is 4.79 Å². The number of hydrogen-bond acceptors (Lipinski definition) is 2. The van der Waals surface area contributed by atoms with E-state index < -0.39 is 0 Å². The highest BCUT2D eigenvalue weighted by Gasteiger charge is 2.10. The van der Waals surface area contributed by atoms with Crippen molar-refractivity contribution < 1.29 is 9.59 Å². The summed E-state index contributed by atoms with van der Waals surface area (Å²) in [7, 11) is 0. The molecule has 0 spiro atoms. The van der Waals surface area contributed by atoms with E-state index in [0.717, 1.165) is 0 Å². The van der Waals surface area contributed by atoms with E-state index in [1.807, 2.05) is 19.9 Å². The van der Waals surface area contributed by atoms with Crippen LogP contribution in [0.25, 0.3) is 0 Å². The number of hydrogen-bond donors (Lipinski definition) is 1. The van der Waals surface area contributed by atoms with Gasteiger partial charge in [0.05, 0.1) is 0 Å². The van der Waals surface area contributed by atoms with Crippen LogP contribution in [-0.4, -0.2) is 11.8 Å². The van der Waals surface area contributed by atoms with E-state index in [1.165, 1.54) is 0 Å². The van der Waals surface area contributed by atoms with E-state index in [1.54, 1.807) is 24.3 Å². The van der Waals surface area contributed by atoms with E-state index in [9.17, 15) is 9.59 Å². The van der Waals surface area contributed by atoms with Crippen LogP contribution in [0.3, 0.4) is 0 Å². The Bertz CT molecular complexity index is 344. The Labute approximate surface area is 89.5 Å². The lowest BCUT2D eigenvalue weighted by Crippen LogP contribution is -2.31. The van der Waals surface area contributed by atoms with Crippen LogP contribution >= 0.6 is 0 Å². The van der Waals surface area contributed by atoms with Crippen LogP contribution in [0.5, 0.6) is 0 Å². The van der Waals surface area contributed by atoms with Crippen molar-refractivity contribution in [3.8, 4) is 0 Å². The van der Waals surface area contributed by atoms with Crippen molar-refractivity contribution in [2.24, 2.45) is 5.92 Å². The predicted molar refractivity (Wildman–Crippen MR) is 58.4 cm³/mol. The van der Waals surface area contributed by atoms with Gasteiger partial charge in [-0.2, -0.15) is 0 Å². The maximum absolute atomic E-state index is 11.5. The first-order chi connectivity index (χ1) is 7.09. The molecule has 3 heteroatoms. The summed E-state index contributed by atoms with van der Waals surface area (Å²) in [6.07, 6.45) is 0.374. The molecule has 1 rings (SSSR count). The molecular weight excluding hydrogens is 190 g/mol. The van der Waals surface area contributed by atoms with Crippen molar-refractivity contribution >= 4 is 11.8 Å². The van der Waals surface area contributed by atoms with Crippen LogP contribution in [0.2, 0.25) is 0 Å². The van der Waals surface area contributed by atoms with E-state index in [4.69, 9.17) is 0 Å². The summed E-state index contributed by atoms with van der Waals surface area (Å²) >= 11 is 0. The summed E-state index contributed by atoms with van der Waals surface area (Å²) in [6.45, 7) is 3.87. The Balaban J connectivity index is 2.53. The van der Waals surface area contributed by atoms with E-state index in [-0.39, 0.29) is 17.7 Å². The first-order valence-electron chi connectivity index (χ1n) is 4.99. The van der Waals surface area contributed by atoms with Crippen molar-refractivity contribution in [3.05, 3.63) is 35.9 Å². The maximum atomic E-state index is 11.5. The molecule has 3 nitrogen and oxygen atoms in total. The second kappa shape index (κ2) is 5.29. The fourth-order valence-corrected chi connectivity index (χ4v) is 1.21. The van der Waals surface area contributed by atoms with E-state index in [2.05, 4.69) is 5.32 Å². The largest absolute Gasteiger partial charge is 0.292 e. The highest BCUT2D eigenvalue weighted by atomic mass is 16.2. The zero-order valence-electron chi connectivity index (χ0n) is 8.99. The molecule has 0 aliphatic heterocycles. The molecule has 1 N–H and O–H groups in total. The zero-order chi connectivity index (χ0) is 11.3. The van der Waals surface area contributed by atoms with Crippen LogP contribution in [0.1, 0.15) is 30.6 Å². The highest BCUT2D eigenvalue weighted by molar-refractivity contribution is 6.04. The van der Waals surface area contributed by atoms with Crippen LogP contribution in [0.4, 0.5) is 0 Å². The minimum absolute atomic E-state index is 0.223. The van der Waals surface area contributed by atoms with Gasteiger partial charge in [0, 0.05) is 12.0 Å². The van der Waals surface area contributed by atoms with Gasteiger partial charge in [0.2, 0.25) is 5.91 Å². The smallest absolute Gasteiger partial charge is 0.257 e. The van der Waals surface area contributed by atoms with Gasteiger partial charge in [0.25, 0.3) is 5.91 Å². The van der Waals surface area contributed by atoms with Gasteiger partial charge in [-0.15, -0.1) is 0 Å². The Hall–Kier alpha value is -1.64. The number of rotatable bonds is 3. The maximum Gasteiger partial charge on any atom is 0.257 e. The normalized spacial score (nSPS) is 10.1. The van der Waals surface area contributed by atoms with Crippen LogP contribution < -0.4 is 5.32 Å². The van der Waals surface area contributed by atoms with Crippen LogP contribution in [0.15, 0.2) is 30.3 Å². The third-order valence-corrected chi connectivity index (χ3v) is 1.88. The van der Waals surface area contributed by atoms with Crippen molar-refractivity contribution in [1.82, 2.24) is 5.32 Å². The quantitative estimate of drug-likeness (QED) is 0.820. The summed E-state index contributed by atoms with van der Waals surface area (Å²) < 4.78 is 0. The number of nitrogens with one attached hydrogen (secondary N) is 1. The Morgan fingerprint density at radius 3 is 2.33 bits per heavy atom. The van der Waals surface area contributed by atoms with Gasteiger partial charge >= 0.3 is 0 Å². The predicted octanol–water partition coefficient (Wildman–Crippen LogP) is 1.99. The fraction of sp³-hybridized carbons (Fsp3) is 0.333. The molecule has 0 aliphatic carbocycles. The van der Waals surface area contributed by atoms with Gasteiger partial charge in [-0.3, -0.25) is 14.9 Å². The zero-order valence-corrected chi connectivity index (χ0v) is 8.99. The molecule has 2 amide bonds. The topological polar surface area (TPSA) is 46.2 Å². The molecule has 0 aliphatic rings. The monoisotopic (exact) mass is 205 g/mol. The average Bonchev–Trinajstić information content (AvgIpc) is 2.17. The number of imide groups is 1. The molecule has 1 aromatic rings. The summed E-state index contributed by atoms with van der Waals surface area (Å²) in [5.74, 6) is -0.298. The van der Waals surface area contributed by atoms with Gasteiger partial charge in [-0.1, -0.05) is 32.0 Å². The molecule has 0 aromatic heterocycles. The van der Waals surface area contributed by atoms with Crippen molar-refractivity contribution in [1.29, 1.82) is 0 Å². The number of benzene rings is 1. The molecule has 0 fully saturated rings. The first kappa shape index (κ1) is 11.4. The van der Waals surface area contributed by atoms with E-state index in [0.29, 0.717) is 12.0 Å². The lowest BCUT2D eigenvalue weighted by atomic mass is 10.1. The Morgan fingerprint density at radius 2 is 1.80 bits per heavy atom. The minimum atomic E-state index is -0.332. The van der Waals surface area contributed by atoms with Crippen molar-refractivity contribution in [2.45, 2.75) is 20.3 Å². The molecular formula is C12H15NO2. The van der Waals surface area contributed by atoms with Gasteiger partial charge in [0.1, 0.15) is 0 Å². The standard InChI is InChI=1S/C12H15NO2/c1-9(2)8-11(14)13-12(15)10-6-4-3-5-7-10/h3-7,9H,8H2,1-2H3,(H,13,14,15). The minimum Gasteiger partial charge on any atom is -0.292 e. The summed E-state index contributed by atoms with van der Waals surface area (Å²) in [5.41, 5.74) is 0.509. The number of amides is 2. The van der Waals surface area contributed by atoms with Gasteiger partial charge < -0.3 is 0 Å². The fourth-order valence-electron chi connectivity index (χ4n) is 1.21. The molecule has 0 bridgehead atoms. The molecule has 80 valence electrons. The first-order valence-corrected chi connectivity index (χ1v) is 4.99. The van der Waals surface area contributed by atoms with Crippen molar-refractivity contribution in [3.63, 3.8) is 0 Å². The van der Waals surface area contributed by atoms with Gasteiger partial charge in [-0.25, -0.2) is 0 Å². The molecule has 0 saturated heterocycles. The SMILES string of the molecule is CC(C)CC(=O)NC(=O)c1ccccc1. The molecule has 0 unspecified atom stereocenters. The number of carbonyl (C=O) groups is 2. The lowest BCUT2D eigenvalue weighted by Gasteiger charge is -2.05. The molecule has 0 saturated carbocycles. The second-order valence-electron chi connectivity index (χ2n) is 3.84. The average molecular weight is 205 g/mol. The van der Waals surface area contributed by atoms with E-state index >= 15 is 0 Å². The molecule has 1 aromatic carbocycles. The molecule has 0 atom stereocenters. The third-order valence-electron chi connectivity index (χ3n) is 1.88. The Morgan fingerprint density at radius 1 is 1.20 bits per heavy atom. The highest BCUT2D eigenvalue weighted by Crippen LogP contribution is 2.01. The lowest BCUT2D eigenvalue weighted by molar-refractivity contribution is -0.120. The Kier molecular flexibility index (Phi) is 4.03. The number of carbonyl (C=O) groups excluding carboxylic acids is 2. The van der Waals surface area contributed by atoms with Crippen molar-refractivity contribution in [2.75, 3.05) is 0 Å². The third kappa shape index (κ3) is 3.94. The second-order valence-corrected chi connectivity index (χ2v) is 3.84.